The molecule has 1 atom stereocenters. The molecule has 13 heteroatoms. The minimum atomic E-state index is -1.49. The van der Waals surface area contributed by atoms with E-state index in [0.29, 0.717) is 61.4 Å². The summed E-state index contributed by atoms with van der Waals surface area (Å²) in [4.78, 5) is 32.3. The van der Waals surface area contributed by atoms with Gasteiger partial charge in [-0.1, -0.05) is 110 Å². The minimum absolute atomic E-state index is 0.0530. The third kappa shape index (κ3) is 17.7. The number of carbonyl (C=O) groups is 1. The molecule has 6 N–H and O–H groups in total. The van der Waals surface area contributed by atoms with Gasteiger partial charge in [-0.25, -0.2) is 9.37 Å². The van der Waals surface area contributed by atoms with Gasteiger partial charge >= 0.3 is 0 Å². The molecule has 0 radical (unpaired) electrons. The molecule has 3 aromatic rings. The first-order valence-electron chi connectivity index (χ1n) is 25.0. The molecule has 1 aromatic carbocycles. The number of halogens is 1. The van der Waals surface area contributed by atoms with Crippen LogP contribution in [0.1, 0.15) is 117 Å². The van der Waals surface area contributed by atoms with Crippen molar-refractivity contribution in [2.45, 2.75) is 116 Å². The van der Waals surface area contributed by atoms with Gasteiger partial charge in [-0.2, -0.15) is 0 Å². The number of aldehydes is 1. The standard InChI is InChI=1S/C57H81FN8O4/c1-11-12-26-46(8)65(9)29-24-19-17-15-13-14-16-18-21-25-41(3)60-34-43(5)62-36-45(7)63-35-44(6)61-33-42(4)59-28-23-20-22-27-47-48-30-40(2)52(58)32-53(48)64-56-50(47)37-66-54(56)31-49(55(68)38-67)51(39-70-10)57(66)69/h11-12,26,30-32,38,55,59-63,68H,1,3-8,13-25,27-29,33-37,39H2,2,9-10H3/b26-12-. The highest BCUT2D eigenvalue weighted by Crippen LogP contribution is 2.38. The quantitative estimate of drug-likeness (QED) is 0.0145. The average molecular weight is 961 g/mol. The minimum Gasteiger partial charge on any atom is -0.387 e. The summed E-state index contributed by atoms with van der Waals surface area (Å²) < 4.78 is 21.7. The van der Waals surface area contributed by atoms with Crippen LogP contribution in [-0.2, 0) is 29.1 Å². The normalized spacial score (nSPS) is 12.0. The van der Waals surface area contributed by atoms with E-state index >= 15 is 0 Å². The van der Waals surface area contributed by atoms with Crippen molar-refractivity contribution in [1.29, 1.82) is 0 Å². The number of aromatic nitrogens is 2. The Bertz CT molecular complexity index is 2420. The molecule has 3 heterocycles. The zero-order valence-corrected chi connectivity index (χ0v) is 42.5. The van der Waals surface area contributed by atoms with Crippen molar-refractivity contribution >= 4 is 17.2 Å². The van der Waals surface area contributed by atoms with Crippen LogP contribution in [0.15, 0.2) is 121 Å². The molecule has 1 aliphatic heterocycles. The molecule has 0 bridgehead atoms. The van der Waals surface area contributed by atoms with Crippen molar-refractivity contribution in [1.82, 2.24) is 41.0 Å². The number of unbranched alkanes of at least 4 members (excludes halogenated alkanes) is 10. The van der Waals surface area contributed by atoms with Crippen LogP contribution in [0.5, 0.6) is 0 Å². The zero-order valence-electron chi connectivity index (χ0n) is 42.5. The van der Waals surface area contributed by atoms with Crippen LogP contribution < -0.4 is 32.1 Å². The lowest BCUT2D eigenvalue weighted by Gasteiger charge is -2.19. The van der Waals surface area contributed by atoms with Crippen LogP contribution in [0.3, 0.4) is 0 Å². The fourth-order valence-corrected chi connectivity index (χ4v) is 8.52. The fraction of sp³-hybridized carbons (Fsp3) is 0.456. The molecular formula is C57H81FN8O4. The van der Waals surface area contributed by atoms with Gasteiger partial charge in [-0.15, -0.1) is 0 Å². The van der Waals surface area contributed by atoms with Crippen LogP contribution >= 0.6 is 0 Å². The van der Waals surface area contributed by atoms with E-state index in [-0.39, 0.29) is 35.7 Å². The second-order valence-corrected chi connectivity index (χ2v) is 18.5. The molecule has 2 aromatic heterocycles. The second-order valence-electron chi connectivity index (χ2n) is 18.5. The van der Waals surface area contributed by atoms with E-state index in [1.807, 2.05) is 18.2 Å². The number of ether oxygens (including phenoxy) is 1. The molecule has 12 nitrogen and oxygen atoms in total. The number of allylic oxidation sites excluding steroid dienone is 4. The van der Waals surface area contributed by atoms with Crippen LogP contribution in [0.25, 0.3) is 22.3 Å². The van der Waals surface area contributed by atoms with Gasteiger partial charge in [0.1, 0.15) is 11.9 Å². The molecule has 0 saturated heterocycles. The smallest absolute Gasteiger partial charge is 0.257 e. The SMILES string of the molecule is C=C/C=C\C(=C)N(C)CCCCCCCCCCCC(=C)NCC(=C)NCC(=C)NCC(=C)NCC(=C)NCCCCCc1c2c(nc3cc(F)c(C)cc13)-c1cc(C(O)C=O)c(COC)c(=O)n1C2. The molecule has 0 aliphatic carbocycles. The summed E-state index contributed by atoms with van der Waals surface area (Å²) in [5, 5.41) is 28.1. The van der Waals surface area contributed by atoms with Gasteiger partial charge in [-0.3, -0.25) is 4.79 Å². The summed E-state index contributed by atoms with van der Waals surface area (Å²) in [7, 11) is 3.55. The number of carbonyl (C=O) groups excluding carboxylic acids is 1. The predicted molar refractivity (Wildman–Crippen MR) is 288 cm³/mol. The van der Waals surface area contributed by atoms with E-state index in [4.69, 9.17) is 9.72 Å². The van der Waals surface area contributed by atoms with E-state index in [0.717, 1.165) is 95.9 Å². The van der Waals surface area contributed by atoms with Gasteiger partial charge in [0.2, 0.25) is 0 Å². The Balaban J connectivity index is 1.05. The highest BCUT2D eigenvalue weighted by molar-refractivity contribution is 5.89. The van der Waals surface area contributed by atoms with Gasteiger partial charge in [0.15, 0.2) is 6.29 Å². The van der Waals surface area contributed by atoms with Crippen molar-refractivity contribution in [3.05, 3.63) is 161 Å². The number of aliphatic hydroxyl groups excluding tert-OH is 1. The lowest BCUT2D eigenvalue weighted by atomic mass is 9.94. The van der Waals surface area contributed by atoms with Gasteiger partial charge in [0.05, 0.1) is 56.2 Å². The number of pyridine rings is 2. The highest BCUT2D eigenvalue weighted by Gasteiger charge is 2.30. The summed E-state index contributed by atoms with van der Waals surface area (Å²) in [5.41, 5.74) is 9.50. The molecule has 70 heavy (non-hydrogen) atoms. The lowest BCUT2D eigenvalue weighted by molar-refractivity contribution is -0.115. The number of aliphatic hydroxyl groups is 1. The lowest BCUT2D eigenvalue weighted by Crippen LogP contribution is -2.32. The number of aryl methyl sites for hydroxylation is 2. The number of fused-ring (bicyclic) bond motifs is 4. The van der Waals surface area contributed by atoms with E-state index in [9.17, 15) is 19.1 Å². The molecule has 0 spiro atoms. The topological polar surface area (TPSA) is 145 Å². The maximum atomic E-state index is 14.8. The molecule has 4 rings (SSSR count). The third-order valence-corrected chi connectivity index (χ3v) is 12.8. The molecule has 380 valence electrons. The van der Waals surface area contributed by atoms with Crippen LogP contribution in [0.2, 0.25) is 0 Å². The van der Waals surface area contributed by atoms with Gasteiger partial charge in [-0.05, 0) is 74.8 Å². The number of hydrogen-bond donors (Lipinski definition) is 6. The molecule has 1 unspecified atom stereocenters. The van der Waals surface area contributed by atoms with Gasteiger partial charge in [0, 0.05) is 89.6 Å². The molecule has 0 amide bonds. The summed E-state index contributed by atoms with van der Waals surface area (Å²) in [6, 6.07) is 4.90. The maximum Gasteiger partial charge on any atom is 0.257 e. The van der Waals surface area contributed by atoms with Crippen molar-refractivity contribution in [3.63, 3.8) is 0 Å². The Hall–Kier alpha value is -6.18. The monoisotopic (exact) mass is 961 g/mol. The third-order valence-electron chi connectivity index (χ3n) is 12.8. The molecule has 0 fully saturated rings. The maximum absolute atomic E-state index is 14.8. The predicted octanol–water partition coefficient (Wildman–Crippen LogP) is 9.57. The van der Waals surface area contributed by atoms with E-state index in [2.05, 4.69) is 84.6 Å². The molecular weight excluding hydrogens is 880 g/mol. The Labute approximate surface area is 417 Å². The summed E-state index contributed by atoms with van der Waals surface area (Å²) in [5.74, 6) is -0.359. The first kappa shape index (κ1) is 56.4. The van der Waals surface area contributed by atoms with Crippen LogP contribution in [0.4, 0.5) is 4.39 Å². The Morgan fingerprint density at radius 2 is 1.39 bits per heavy atom. The van der Waals surface area contributed by atoms with Crippen molar-refractivity contribution in [3.8, 4) is 11.4 Å². The fourth-order valence-electron chi connectivity index (χ4n) is 8.52. The number of hydrogen-bond acceptors (Lipinski definition) is 11. The van der Waals surface area contributed by atoms with Gasteiger partial charge in [0.25, 0.3) is 5.56 Å². The van der Waals surface area contributed by atoms with Crippen molar-refractivity contribution in [2.75, 3.05) is 53.4 Å². The molecule has 1 aliphatic rings. The van der Waals surface area contributed by atoms with Crippen molar-refractivity contribution < 1.29 is 19.0 Å². The highest BCUT2D eigenvalue weighted by atomic mass is 19.1. The Morgan fingerprint density at radius 3 is 1.99 bits per heavy atom. The van der Waals surface area contributed by atoms with Gasteiger partial charge < -0.3 is 50.7 Å². The van der Waals surface area contributed by atoms with E-state index in [1.165, 1.54) is 64.5 Å². The summed E-state index contributed by atoms with van der Waals surface area (Å²) in [6.45, 7) is 34.6. The summed E-state index contributed by atoms with van der Waals surface area (Å²) in [6.07, 6.45) is 20.3. The number of methoxy groups -OCH3 is 1. The molecule has 0 saturated carbocycles. The number of nitrogens with zero attached hydrogens (tertiary/aromatic N) is 3. The number of likely N-dealkylation sites (N-methyl/N-ethyl adjacent to an activating group) is 1. The first-order valence-corrected chi connectivity index (χ1v) is 25.0. The zero-order chi connectivity index (χ0) is 51.0. The number of benzene rings is 1. The van der Waals surface area contributed by atoms with E-state index < -0.39 is 6.10 Å². The number of rotatable bonds is 38. The number of nitrogens with one attached hydrogen (secondary N) is 5. The average Bonchev–Trinajstić information content (AvgIpc) is 3.72. The first-order chi connectivity index (χ1) is 33.7. The Morgan fingerprint density at radius 1 is 0.814 bits per heavy atom. The second kappa shape index (κ2) is 29.8. The van der Waals surface area contributed by atoms with Crippen molar-refractivity contribution in [2.24, 2.45) is 0 Å². The van der Waals surface area contributed by atoms with Crippen LogP contribution in [-0.4, -0.2) is 79.3 Å². The largest absolute Gasteiger partial charge is 0.387 e. The van der Waals surface area contributed by atoms with Crippen LogP contribution in [0, 0.1) is 12.7 Å². The summed E-state index contributed by atoms with van der Waals surface area (Å²) >= 11 is 0. The Kier molecular flexibility index (Phi) is 24.0. The van der Waals surface area contributed by atoms with E-state index in [1.54, 1.807) is 23.6 Å².